The normalized spacial score (nSPS) is 11.1. The summed E-state index contributed by atoms with van der Waals surface area (Å²) in [5.74, 6) is 0. The zero-order valence-corrected chi connectivity index (χ0v) is 10.00. The van der Waals surface area contributed by atoms with E-state index in [1.165, 1.54) is 43.2 Å². The molecule has 0 radical (unpaired) electrons. The summed E-state index contributed by atoms with van der Waals surface area (Å²) in [6, 6.07) is 8.33. The number of hydrogen-bond acceptors (Lipinski definition) is 1. The molecule has 0 bridgehead atoms. The fourth-order valence-corrected chi connectivity index (χ4v) is 2.11. The molecule has 1 aromatic carbocycles. The number of unbranched alkanes of at least 4 members (excludes halogenated alkanes) is 4. The van der Waals surface area contributed by atoms with Gasteiger partial charge in [-0.05, 0) is 18.9 Å². The van der Waals surface area contributed by atoms with Crippen LogP contribution in [0.25, 0.3) is 10.9 Å². The standard InChI is InChI=1S/C14H20N2/c1-2-3-4-5-6-10-13-12-9-7-8-11-14(12)16-15-13/h7-9,11H,2-6,10H2,1H3,(H,15,16). The molecular formula is C14H20N2. The largest absolute Gasteiger partial charge is 0.281 e. The van der Waals surface area contributed by atoms with E-state index in [0.717, 1.165) is 11.9 Å². The smallest absolute Gasteiger partial charge is 0.0923 e. The molecule has 1 N–H and O–H groups in total. The number of benzene rings is 1. The molecule has 2 rings (SSSR count). The first kappa shape index (κ1) is 11.2. The van der Waals surface area contributed by atoms with Crippen LogP contribution in [0.15, 0.2) is 24.3 Å². The van der Waals surface area contributed by atoms with Crippen molar-refractivity contribution in [1.82, 2.24) is 10.2 Å². The predicted molar refractivity (Wildman–Crippen MR) is 68.6 cm³/mol. The predicted octanol–water partition coefficient (Wildman–Crippen LogP) is 4.08. The van der Waals surface area contributed by atoms with Gasteiger partial charge in [0.15, 0.2) is 0 Å². The van der Waals surface area contributed by atoms with Crippen LogP contribution >= 0.6 is 0 Å². The van der Waals surface area contributed by atoms with E-state index in [1.54, 1.807) is 0 Å². The van der Waals surface area contributed by atoms with Crippen LogP contribution in [-0.2, 0) is 6.42 Å². The summed E-state index contributed by atoms with van der Waals surface area (Å²) in [7, 11) is 0. The Labute approximate surface area is 97.1 Å². The number of aryl methyl sites for hydroxylation is 1. The summed E-state index contributed by atoms with van der Waals surface area (Å²) in [5, 5.41) is 8.75. The molecule has 0 saturated heterocycles. The molecule has 0 aliphatic heterocycles. The number of nitrogens with zero attached hydrogens (tertiary/aromatic N) is 1. The Morgan fingerprint density at radius 1 is 1.06 bits per heavy atom. The monoisotopic (exact) mass is 216 g/mol. The highest BCUT2D eigenvalue weighted by atomic mass is 15.1. The van der Waals surface area contributed by atoms with E-state index in [2.05, 4.69) is 35.3 Å². The first-order valence-electron chi connectivity index (χ1n) is 6.34. The Bertz CT molecular complexity index is 431. The zero-order chi connectivity index (χ0) is 11.2. The summed E-state index contributed by atoms with van der Waals surface area (Å²) < 4.78 is 0. The third-order valence-corrected chi connectivity index (χ3v) is 3.07. The number of aromatic amines is 1. The Morgan fingerprint density at radius 2 is 1.88 bits per heavy atom. The maximum Gasteiger partial charge on any atom is 0.0923 e. The highest BCUT2D eigenvalue weighted by Gasteiger charge is 2.03. The maximum absolute atomic E-state index is 4.31. The van der Waals surface area contributed by atoms with Gasteiger partial charge in [0.2, 0.25) is 0 Å². The Hall–Kier alpha value is -1.31. The molecule has 86 valence electrons. The third kappa shape index (κ3) is 2.63. The molecule has 2 nitrogen and oxygen atoms in total. The Kier molecular flexibility index (Phi) is 3.97. The minimum atomic E-state index is 1.09. The van der Waals surface area contributed by atoms with Crippen molar-refractivity contribution in [2.45, 2.75) is 45.4 Å². The highest BCUT2D eigenvalue weighted by molar-refractivity contribution is 5.81. The van der Waals surface area contributed by atoms with Crippen LogP contribution < -0.4 is 0 Å². The van der Waals surface area contributed by atoms with E-state index in [1.807, 2.05) is 6.07 Å². The van der Waals surface area contributed by atoms with Gasteiger partial charge >= 0.3 is 0 Å². The second-order valence-corrected chi connectivity index (χ2v) is 4.38. The molecule has 1 heterocycles. The maximum atomic E-state index is 4.31. The number of fused-ring (bicyclic) bond motifs is 1. The van der Waals surface area contributed by atoms with Crippen LogP contribution in [0.5, 0.6) is 0 Å². The minimum Gasteiger partial charge on any atom is -0.281 e. The lowest BCUT2D eigenvalue weighted by atomic mass is 10.1. The average Bonchev–Trinajstić information content (AvgIpc) is 2.73. The van der Waals surface area contributed by atoms with Gasteiger partial charge in [0, 0.05) is 11.1 Å². The third-order valence-electron chi connectivity index (χ3n) is 3.07. The first-order chi connectivity index (χ1) is 7.92. The molecule has 0 fully saturated rings. The lowest BCUT2D eigenvalue weighted by Crippen LogP contribution is -1.87. The molecule has 0 aliphatic carbocycles. The molecule has 0 spiro atoms. The number of nitrogens with one attached hydrogen (secondary N) is 1. The van der Waals surface area contributed by atoms with E-state index in [0.29, 0.717) is 0 Å². The summed E-state index contributed by atoms with van der Waals surface area (Å²) in [6.07, 6.45) is 7.77. The summed E-state index contributed by atoms with van der Waals surface area (Å²) in [4.78, 5) is 0. The van der Waals surface area contributed by atoms with Crippen LogP contribution in [-0.4, -0.2) is 10.2 Å². The second-order valence-electron chi connectivity index (χ2n) is 4.38. The average molecular weight is 216 g/mol. The first-order valence-corrected chi connectivity index (χ1v) is 6.34. The topological polar surface area (TPSA) is 28.7 Å². The van der Waals surface area contributed by atoms with Crippen LogP contribution in [0.1, 0.15) is 44.7 Å². The van der Waals surface area contributed by atoms with E-state index >= 15 is 0 Å². The molecule has 0 saturated carbocycles. The quantitative estimate of drug-likeness (QED) is 0.724. The second kappa shape index (κ2) is 5.69. The number of H-pyrrole nitrogens is 1. The summed E-state index contributed by atoms with van der Waals surface area (Å²) in [5.41, 5.74) is 2.39. The summed E-state index contributed by atoms with van der Waals surface area (Å²) >= 11 is 0. The SMILES string of the molecule is CCCCCCCc1[nH]nc2ccccc12. The van der Waals surface area contributed by atoms with Crippen LogP contribution in [0.3, 0.4) is 0 Å². The van der Waals surface area contributed by atoms with Gasteiger partial charge in [0.05, 0.1) is 5.52 Å². The number of para-hydroxylation sites is 1. The molecule has 2 aromatic rings. The number of rotatable bonds is 6. The number of hydrogen-bond donors (Lipinski definition) is 1. The van der Waals surface area contributed by atoms with Gasteiger partial charge in [-0.25, -0.2) is 0 Å². The van der Waals surface area contributed by atoms with E-state index in [4.69, 9.17) is 0 Å². The molecular weight excluding hydrogens is 196 g/mol. The van der Waals surface area contributed by atoms with Crippen LogP contribution in [0.4, 0.5) is 0 Å². The van der Waals surface area contributed by atoms with Crippen molar-refractivity contribution >= 4 is 10.9 Å². The molecule has 0 atom stereocenters. The van der Waals surface area contributed by atoms with Gasteiger partial charge in [0.25, 0.3) is 0 Å². The fraction of sp³-hybridized carbons (Fsp3) is 0.500. The van der Waals surface area contributed by atoms with Gasteiger partial charge in [-0.2, -0.15) is 5.10 Å². The van der Waals surface area contributed by atoms with Crippen molar-refractivity contribution in [1.29, 1.82) is 0 Å². The Morgan fingerprint density at radius 3 is 2.75 bits per heavy atom. The van der Waals surface area contributed by atoms with E-state index in [-0.39, 0.29) is 0 Å². The van der Waals surface area contributed by atoms with Gasteiger partial charge < -0.3 is 0 Å². The zero-order valence-electron chi connectivity index (χ0n) is 10.00. The van der Waals surface area contributed by atoms with Gasteiger partial charge in [0.1, 0.15) is 0 Å². The molecule has 0 unspecified atom stereocenters. The van der Waals surface area contributed by atoms with E-state index < -0.39 is 0 Å². The van der Waals surface area contributed by atoms with E-state index in [9.17, 15) is 0 Å². The lowest BCUT2D eigenvalue weighted by Gasteiger charge is -1.99. The minimum absolute atomic E-state index is 1.09. The lowest BCUT2D eigenvalue weighted by molar-refractivity contribution is 0.628. The molecule has 2 heteroatoms. The van der Waals surface area contributed by atoms with Gasteiger partial charge in [-0.15, -0.1) is 0 Å². The highest BCUT2D eigenvalue weighted by Crippen LogP contribution is 2.17. The van der Waals surface area contributed by atoms with Gasteiger partial charge in [-0.3, -0.25) is 5.10 Å². The van der Waals surface area contributed by atoms with Crippen molar-refractivity contribution in [3.05, 3.63) is 30.0 Å². The number of aromatic nitrogens is 2. The fourth-order valence-electron chi connectivity index (χ4n) is 2.11. The van der Waals surface area contributed by atoms with Gasteiger partial charge in [-0.1, -0.05) is 50.8 Å². The molecule has 16 heavy (non-hydrogen) atoms. The van der Waals surface area contributed by atoms with Crippen molar-refractivity contribution in [2.75, 3.05) is 0 Å². The van der Waals surface area contributed by atoms with Crippen molar-refractivity contribution in [3.63, 3.8) is 0 Å². The molecule has 0 aliphatic rings. The van der Waals surface area contributed by atoms with Crippen molar-refractivity contribution < 1.29 is 0 Å². The Balaban J connectivity index is 1.89. The molecule has 1 aromatic heterocycles. The summed E-state index contributed by atoms with van der Waals surface area (Å²) in [6.45, 7) is 2.25. The van der Waals surface area contributed by atoms with Crippen LogP contribution in [0.2, 0.25) is 0 Å². The van der Waals surface area contributed by atoms with Crippen LogP contribution in [0, 0.1) is 0 Å². The van der Waals surface area contributed by atoms with Crippen molar-refractivity contribution in [3.8, 4) is 0 Å². The molecule has 0 amide bonds. The van der Waals surface area contributed by atoms with Crippen molar-refractivity contribution in [2.24, 2.45) is 0 Å².